The Hall–Kier alpha value is -1.98. The van der Waals surface area contributed by atoms with Gasteiger partial charge in [0.15, 0.2) is 0 Å². The van der Waals surface area contributed by atoms with Gasteiger partial charge in [0, 0.05) is 17.0 Å². The van der Waals surface area contributed by atoms with Crippen molar-refractivity contribution in [3.63, 3.8) is 0 Å². The first-order valence-corrected chi connectivity index (χ1v) is 17.4. The van der Waals surface area contributed by atoms with E-state index in [4.69, 9.17) is 20.8 Å². The van der Waals surface area contributed by atoms with Gasteiger partial charge in [-0.1, -0.05) is 78.3 Å². The Balaban J connectivity index is 1.78. The van der Waals surface area contributed by atoms with Gasteiger partial charge in [0.2, 0.25) is 5.91 Å². The predicted octanol–water partition coefficient (Wildman–Crippen LogP) is 9.10. The fraction of sp³-hybridized carbons (Fsp3) is 0.606. The summed E-state index contributed by atoms with van der Waals surface area (Å²) in [5.41, 5.74) is 3.60. The molecule has 0 bridgehead atoms. The quantitative estimate of drug-likeness (QED) is 0.306. The SMILES string of the molecule is CC[C@@]12CC[C@@H](c3ccc(OC)cc3Cl)[C@H](c3ccc(O[Si](C(C)C)(C(C)C)C(C)C)cc3)[C@@H]1[C@@H](C)NC2=O. The van der Waals surface area contributed by atoms with Crippen LogP contribution < -0.4 is 14.5 Å². The van der Waals surface area contributed by atoms with E-state index in [1.54, 1.807) is 7.11 Å². The summed E-state index contributed by atoms with van der Waals surface area (Å²) in [6, 6.07) is 15.0. The highest BCUT2D eigenvalue weighted by atomic mass is 35.5. The normalized spacial score (nSPS) is 27.2. The Morgan fingerprint density at radius 1 is 1.00 bits per heavy atom. The smallest absolute Gasteiger partial charge is 0.258 e. The second-order valence-corrected chi connectivity index (χ2v) is 18.6. The minimum Gasteiger partial charge on any atom is -0.543 e. The average molecular weight is 570 g/mol. The number of hydrogen-bond acceptors (Lipinski definition) is 3. The molecule has 0 spiro atoms. The number of nitrogens with one attached hydrogen (secondary N) is 1. The molecule has 0 radical (unpaired) electrons. The van der Waals surface area contributed by atoms with Crippen LogP contribution in [0, 0.1) is 11.3 Å². The Morgan fingerprint density at radius 3 is 2.10 bits per heavy atom. The van der Waals surface area contributed by atoms with E-state index < -0.39 is 8.32 Å². The molecule has 2 fully saturated rings. The molecule has 4 rings (SSSR count). The molecule has 6 heteroatoms. The van der Waals surface area contributed by atoms with Crippen molar-refractivity contribution < 1.29 is 14.0 Å². The minimum absolute atomic E-state index is 0.0982. The van der Waals surface area contributed by atoms with Crippen LogP contribution in [-0.4, -0.2) is 27.4 Å². The van der Waals surface area contributed by atoms with E-state index in [2.05, 4.69) is 91.0 Å². The maximum atomic E-state index is 13.4. The van der Waals surface area contributed by atoms with Gasteiger partial charge >= 0.3 is 0 Å². The number of amides is 1. The molecule has 0 aromatic heterocycles. The average Bonchev–Trinajstić information content (AvgIpc) is 3.16. The van der Waals surface area contributed by atoms with E-state index in [9.17, 15) is 4.79 Å². The van der Waals surface area contributed by atoms with Crippen molar-refractivity contribution in [3.8, 4) is 11.5 Å². The van der Waals surface area contributed by atoms with Gasteiger partial charge in [-0.05, 0) is 90.0 Å². The number of rotatable bonds is 9. The Morgan fingerprint density at radius 2 is 1.59 bits per heavy atom. The third kappa shape index (κ3) is 5.03. The fourth-order valence-corrected chi connectivity index (χ4v) is 14.0. The number of halogens is 1. The number of carbonyl (C=O) groups excluding carboxylic acids is 1. The van der Waals surface area contributed by atoms with E-state index in [-0.39, 0.29) is 35.1 Å². The molecule has 1 aliphatic carbocycles. The van der Waals surface area contributed by atoms with Crippen molar-refractivity contribution in [1.29, 1.82) is 0 Å². The largest absolute Gasteiger partial charge is 0.543 e. The molecule has 5 atom stereocenters. The lowest BCUT2D eigenvalue weighted by Crippen LogP contribution is -2.50. The Bertz CT molecular complexity index is 1140. The van der Waals surface area contributed by atoms with Gasteiger partial charge in [-0.3, -0.25) is 4.79 Å². The van der Waals surface area contributed by atoms with Crippen molar-refractivity contribution in [2.75, 3.05) is 7.11 Å². The zero-order valence-corrected chi connectivity index (χ0v) is 27.1. The molecule has 0 unspecified atom stereocenters. The summed E-state index contributed by atoms with van der Waals surface area (Å²) in [6.07, 6.45) is 2.64. The molecule has 1 heterocycles. The van der Waals surface area contributed by atoms with Crippen LogP contribution in [0.15, 0.2) is 42.5 Å². The van der Waals surface area contributed by atoms with Gasteiger partial charge in [-0.25, -0.2) is 0 Å². The van der Waals surface area contributed by atoms with Crippen LogP contribution in [0.4, 0.5) is 0 Å². The first kappa shape index (κ1) is 30.0. The Kier molecular flexibility index (Phi) is 8.83. The standard InChI is InChI=1S/C33H48ClNO3Si/c1-10-33-18-17-28(27-16-15-26(37-9)19-29(27)34)30(31(33)23(8)35-32(33)36)24-11-13-25(14-12-24)38-39(20(2)3,21(4)5)22(6)7/h11-16,19-23,28,30-31H,10,17-18H2,1-9H3,(H,35,36)/t23-,28+,30+,31+,33-/m1/s1. The molecular weight excluding hydrogens is 522 g/mol. The van der Waals surface area contributed by atoms with Crippen LogP contribution in [0.5, 0.6) is 11.5 Å². The maximum Gasteiger partial charge on any atom is 0.258 e. The predicted molar refractivity (Wildman–Crippen MR) is 165 cm³/mol. The molecule has 1 saturated heterocycles. The van der Waals surface area contributed by atoms with Crippen molar-refractivity contribution >= 4 is 25.8 Å². The highest BCUT2D eigenvalue weighted by molar-refractivity contribution is 6.78. The molecule has 214 valence electrons. The summed E-state index contributed by atoms with van der Waals surface area (Å²) >= 11 is 6.88. The van der Waals surface area contributed by atoms with Crippen molar-refractivity contribution in [2.45, 2.75) is 109 Å². The third-order valence-electron chi connectivity index (χ3n) is 10.2. The molecule has 1 aliphatic heterocycles. The number of carbonyl (C=O) groups is 1. The van der Waals surface area contributed by atoms with E-state index in [0.717, 1.165) is 41.3 Å². The van der Waals surface area contributed by atoms with E-state index in [0.29, 0.717) is 16.6 Å². The van der Waals surface area contributed by atoms with Crippen LogP contribution in [0.25, 0.3) is 0 Å². The molecule has 2 aromatic carbocycles. The fourth-order valence-electron chi connectivity index (χ4n) is 8.46. The Labute approximate surface area is 242 Å². The zero-order valence-electron chi connectivity index (χ0n) is 25.3. The molecule has 2 aliphatic rings. The second kappa shape index (κ2) is 11.5. The van der Waals surface area contributed by atoms with Gasteiger partial charge in [0.25, 0.3) is 8.32 Å². The molecule has 39 heavy (non-hydrogen) atoms. The summed E-state index contributed by atoms with van der Waals surface area (Å²) < 4.78 is 12.4. The molecule has 1 saturated carbocycles. The topological polar surface area (TPSA) is 47.6 Å². The lowest BCUT2D eigenvalue weighted by atomic mass is 9.54. The van der Waals surface area contributed by atoms with Crippen molar-refractivity contribution in [1.82, 2.24) is 5.32 Å². The van der Waals surface area contributed by atoms with Crippen molar-refractivity contribution in [3.05, 3.63) is 58.6 Å². The molecule has 1 amide bonds. The van der Waals surface area contributed by atoms with Crippen LogP contribution in [0.1, 0.15) is 97.6 Å². The molecule has 4 nitrogen and oxygen atoms in total. The van der Waals surface area contributed by atoms with Crippen LogP contribution >= 0.6 is 11.6 Å². The second-order valence-electron chi connectivity index (χ2n) is 12.8. The van der Waals surface area contributed by atoms with Gasteiger partial charge in [0.05, 0.1) is 12.5 Å². The summed E-state index contributed by atoms with van der Waals surface area (Å²) in [7, 11) is -0.384. The van der Waals surface area contributed by atoms with E-state index in [1.807, 2.05) is 12.1 Å². The summed E-state index contributed by atoms with van der Waals surface area (Å²) in [6.45, 7) is 18.3. The minimum atomic E-state index is -2.05. The zero-order chi connectivity index (χ0) is 28.7. The summed E-state index contributed by atoms with van der Waals surface area (Å²) in [5.74, 6) is 2.51. The van der Waals surface area contributed by atoms with E-state index >= 15 is 0 Å². The summed E-state index contributed by atoms with van der Waals surface area (Å²) in [5, 5.41) is 4.06. The molecule has 2 aromatic rings. The number of ether oxygens (including phenoxy) is 1. The summed E-state index contributed by atoms with van der Waals surface area (Å²) in [4.78, 5) is 13.4. The van der Waals surface area contributed by atoms with Gasteiger partial charge < -0.3 is 14.5 Å². The van der Waals surface area contributed by atoms with Crippen LogP contribution in [-0.2, 0) is 4.79 Å². The number of benzene rings is 2. The van der Waals surface area contributed by atoms with Crippen LogP contribution in [0.3, 0.4) is 0 Å². The lowest BCUT2D eigenvalue weighted by Gasteiger charge is -2.47. The van der Waals surface area contributed by atoms with E-state index in [1.165, 1.54) is 5.56 Å². The molecular formula is C33H48ClNO3Si. The van der Waals surface area contributed by atoms with Crippen molar-refractivity contribution in [2.24, 2.45) is 11.3 Å². The monoisotopic (exact) mass is 569 g/mol. The number of hydrogen-bond donors (Lipinski definition) is 1. The molecule has 1 N–H and O–H groups in total. The lowest BCUT2D eigenvalue weighted by molar-refractivity contribution is -0.131. The van der Waals surface area contributed by atoms with Gasteiger partial charge in [-0.15, -0.1) is 0 Å². The first-order chi connectivity index (χ1) is 18.4. The van der Waals surface area contributed by atoms with Gasteiger partial charge in [0.1, 0.15) is 11.5 Å². The highest BCUT2D eigenvalue weighted by Crippen LogP contribution is 2.60. The number of fused-ring (bicyclic) bond motifs is 1. The van der Waals surface area contributed by atoms with Gasteiger partial charge in [-0.2, -0.15) is 0 Å². The first-order valence-electron chi connectivity index (χ1n) is 14.9. The third-order valence-corrected chi connectivity index (χ3v) is 16.5. The number of methoxy groups -OCH3 is 1. The van der Waals surface area contributed by atoms with Crippen LogP contribution in [0.2, 0.25) is 21.6 Å². The maximum absolute atomic E-state index is 13.4. The highest BCUT2D eigenvalue weighted by Gasteiger charge is 2.59.